The molecule has 1 heterocycles. The molecule has 68 valence electrons. The summed E-state index contributed by atoms with van der Waals surface area (Å²) in [5.41, 5.74) is 0.536. The van der Waals surface area contributed by atoms with Gasteiger partial charge in [0.15, 0.2) is 5.16 Å². The van der Waals surface area contributed by atoms with Crippen LogP contribution in [0.15, 0.2) is 11.4 Å². The van der Waals surface area contributed by atoms with E-state index in [4.69, 9.17) is 16.7 Å². The Morgan fingerprint density at radius 3 is 3.00 bits per heavy atom. The van der Waals surface area contributed by atoms with Crippen LogP contribution < -0.4 is 0 Å². The number of thioether (sulfide) groups is 1. The standard InChI is InChI=1S/C8H7ClN2OS/c1-13-8-10-5-6(3-2-4-12)7(9)11-8/h5,12H,4H2,1H3. The molecule has 0 radical (unpaired) electrons. The van der Waals surface area contributed by atoms with Crippen LogP contribution in [0.5, 0.6) is 0 Å². The molecular weight excluding hydrogens is 208 g/mol. The van der Waals surface area contributed by atoms with Gasteiger partial charge in [-0.15, -0.1) is 0 Å². The first-order valence-corrected chi connectivity index (χ1v) is 5.04. The van der Waals surface area contributed by atoms with Gasteiger partial charge in [-0.05, 0) is 6.26 Å². The highest BCUT2D eigenvalue weighted by molar-refractivity contribution is 7.98. The maximum Gasteiger partial charge on any atom is 0.188 e. The van der Waals surface area contributed by atoms with Crippen molar-refractivity contribution in [3.05, 3.63) is 16.9 Å². The first-order valence-electron chi connectivity index (χ1n) is 3.44. The second-order valence-corrected chi connectivity index (χ2v) is 3.15. The summed E-state index contributed by atoms with van der Waals surface area (Å²) < 4.78 is 0. The molecule has 0 atom stereocenters. The van der Waals surface area contributed by atoms with E-state index in [9.17, 15) is 0 Å². The topological polar surface area (TPSA) is 46.0 Å². The molecule has 0 aliphatic heterocycles. The van der Waals surface area contributed by atoms with Crippen LogP contribution in [0.1, 0.15) is 5.56 Å². The quantitative estimate of drug-likeness (QED) is 0.330. The van der Waals surface area contributed by atoms with Gasteiger partial charge in [0.1, 0.15) is 11.8 Å². The summed E-state index contributed by atoms with van der Waals surface area (Å²) in [6, 6.07) is 0. The van der Waals surface area contributed by atoms with Crippen LogP contribution in [-0.4, -0.2) is 27.9 Å². The minimum absolute atomic E-state index is 0.194. The highest BCUT2D eigenvalue weighted by atomic mass is 35.5. The molecular formula is C8H7ClN2OS. The van der Waals surface area contributed by atoms with Crippen molar-refractivity contribution in [3.63, 3.8) is 0 Å². The van der Waals surface area contributed by atoms with Gasteiger partial charge in [-0.25, -0.2) is 9.97 Å². The predicted molar refractivity (Wildman–Crippen MR) is 52.8 cm³/mol. The first kappa shape index (κ1) is 10.3. The van der Waals surface area contributed by atoms with Gasteiger partial charge >= 0.3 is 0 Å². The largest absolute Gasteiger partial charge is 0.384 e. The van der Waals surface area contributed by atoms with Crippen LogP contribution in [-0.2, 0) is 0 Å². The number of nitrogens with zero attached hydrogens (tertiary/aromatic N) is 2. The lowest BCUT2D eigenvalue weighted by Crippen LogP contribution is -1.89. The molecule has 0 aliphatic carbocycles. The van der Waals surface area contributed by atoms with E-state index in [1.807, 2.05) is 6.26 Å². The third kappa shape index (κ3) is 2.88. The van der Waals surface area contributed by atoms with Crippen molar-refractivity contribution in [1.82, 2.24) is 9.97 Å². The molecule has 13 heavy (non-hydrogen) atoms. The molecule has 0 amide bonds. The number of hydrogen-bond acceptors (Lipinski definition) is 4. The molecule has 5 heteroatoms. The van der Waals surface area contributed by atoms with Crippen molar-refractivity contribution in [2.75, 3.05) is 12.9 Å². The first-order chi connectivity index (χ1) is 6.27. The third-order valence-corrected chi connectivity index (χ3v) is 2.05. The minimum Gasteiger partial charge on any atom is -0.384 e. The summed E-state index contributed by atoms with van der Waals surface area (Å²) in [5.74, 6) is 5.12. The van der Waals surface area contributed by atoms with Gasteiger partial charge in [0.25, 0.3) is 0 Å². The number of aromatic nitrogens is 2. The van der Waals surface area contributed by atoms with E-state index in [1.54, 1.807) is 6.20 Å². The van der Waals surface area contributed by atoms with Crippen LogP contribution in [0.4, 0.5) is 0 Å². The molecule has 0 saturated heterocycles. The van der Waals surface area contributed by atoms with Crippen molar-refractivity contribution in [3.8, 4) is 11.8 Å². The number of hydrogen-bond donors (Lipinski definition) is 1. The van der Waals surface area contributed by atoms with Crippen LogP contribution in [0, 0.1) is 11.8 Å². The maximum atomic E-state index is 8.46. The van der Waals surface area contributed by atoms with Gasteiger partial charge in [-0.2, -0.15) is 0 Å². The Labute approximate surface area is 85.6 Å². The molecule has 0 spiro atoms. The smallest absolute Gasteiger partial charge is 0.188 e. The molecule has 1 rings (SSSR count). The zero-order valence-electron chi connectivity index (χ0n) is 6.91. The Morgan fingerprint density at radius 2 is 2.46 bits per heavy atom. The van der Waals surface area contributed by atoms with Crippen molar-refractivity contribution < 1.29 is 5.11 Å². The second kappa shape index (κ2) is 5.07. The van der Waals surface area contributed by atoms with E-state index in [0.717, 1.165) is 0 Å². The van der Waals surface area contributed by atoms with E-state index in [2.05, 4.69) is 21.8 Å². The fraction of sp³-hybridized carbons (Fsp3) is 0.250. The fourth-order valence-electron chi connectivity index (χ4n) is 0.663. The van der Waals surface area contributed by atoms with Crippen molar-refractivity contribution in [2.45, 2.75) is 5.16 Å². The Balaban J connectivity index is 2.98. The summed E-state index contributed by atoms with van der Waals surface area (Å²) >= 11 is 7.21. The molecule has 0 saturated carbocycles. The number of halogens is 1. The normalized spacial score (nSPS) is 9.15. The van der Waals surface area contributed by atoms with E-state index >= 15 is 0 Å². The van der Waals surface area contributed by atoms with Gasteiger partial charge in [0.2, 0.25) is 0 Å². The van der Waals surface area contributed by atoms with Crippen molar-refractivity contribution in [2.24, 2.45) is 0 Å². The number of aliphatic hydroxyl groups excluding tert-OH is 1. The fourth-order valence-corrected chi connectivity index (χ4v) is 1.23. The Morgan fingerprint density at radius 1 is 1.69 bits per heavy atom. The summed E-state index contributed by atoms with van der Waals surface area (Å²) in [6.45, 7) is -0.194. The highest BCUT2D eigenvalue weighted by Gasteiger charge is 2.00. The van der Waals surface area contributed by atoms with Gasteiger partial charge in [-0.3, -0.25) is 0 Å². The summed E-state index contributed by atoms with van der Waals surface area (Å²) in [6.07, 6.45) is 3.41. The van der Waals surface area contributed by atoms with Crippen molar-refractivity contribution in [1.29, 1.82) is 0 Å². The predicted octanol–water partition coefficient (Wildman–Crippen LogP) is 1.20. The van der Waals surface area contributed by atoms with E-state index < -0.39 is 0 Å². The Kier molecular flexibility index (Phi) is 4.03. The average Bonchev–Trinajstić information content (AvgIpc) is 2.16. The molecule has 1 aromatic rings. The monoisotopic (exact) mass is 214 g/mol. The molecule has 0 aromatic carbocycles. The summed E-state index contributed by atoms with van der Waals surface area (Å²) in [4.78, 5) is 7.97. The van der Waals surface area contributed by atoms with Gasteiger partial charge in [-0.1, -0.05) is 35.2 Å². The molecule has 0 unspecified atom stereocenters. The maximum absolute atomic E-state index is 8.46. The van der Waals surface area contributed by atoms with Gasteiger partial charge in [0, 0.05) is 6.20 Å². The second-order valence-electron chi connectivity index (χ2n) is 2.02. The van der Waals surface area contributed by atoms with Crippen molar-refractivity contribution >= 4 is 23.4 Å². The van der Waals surface area contributed by atoms with E-state index in [1.165, 1.54) is 11.8 Å². The molecule has 0 bridgehead atoms. The summed E-state index contributed by atoms with van der Waals surface area (Å²) in [5, 5.41) is 9.39. The van der Waals surface area contributed by atoms with Crippen LogP contribution in [0.3, 0.4) is 0 Å². The lowest BCUT2D eigenvalue weighted by atomic mass is 10.3. The SMILES string of the molecule is CSc1ncc(C#CCO)c(Cl)n1. The van der Waals surface area contributed by atoms with Crippen LogP contribution >= 0.6 is 23.4 Å². The molecule has 0 fully saturated rings. The highest BCUT2D eigenvalue weighted by Crippen LogP contribution is 2.15. The molecule has 3 nitrogen and oxygen atoms in total. The zero-order valence-corrected chi connectivity index (χ0v) is 8.48. The molecule has 0 aliphatic rings. The summed E-state index contributed by atoms with van der Waals surface area (Å²) in [7, 11) is 0. The zero-order chi connectivity index (χ0) is 9.68. The minimum atomic E-state index is -0.194. The average molecular weight is 215 g/mol. The lowest BCUT2D eigenvalue weighted by molar-refractivity contribution is 0.350. The molecule has 1 N–H and O–H groups in total. The number of rotatable bonds is 1. The van der Waals surface area contributed by atoms with Crippen LogP contribution in [0.25, 0.3) is 0 Å². The van der Waals surface area contributed by atoms with Gasteiger partial charge < -0.3 is 5.11 Å². The van der Waals surface area contributed by atoms with Crippen LogP contribution in [0.2, 0.25) is 5.15 Å². The number of aliphatic hydroxyl groups is 1. The van der Waals surface area contributed by atoms with E-state index in [-0.39, 0.29) is 6.61 Å². The molecule has 1 aromatic heterocycles. The van der Waals surface area contributed by atoms with E-state index in [0.29, 0.717) is 15.9 Å². The Hall–Kier alpha value is -0.760. The third-order valence-electron chi connectivity index (χ3n) is 1.20. The lowest BCUT2D eigenvalue weighted by Gasteiger charge is -1.96. The Bertz CT molecular complexity index is 359. The van der Waals surface area contributed by atoms with Gasteiger partial charge in [0.05, 0.1) is 5.56 Å².